The molecule has 0 atom stereocenters. The number of nitriles is 1. The number of carbonyl (C=O) groups is 2. The molecule has 1 aromatic rings. The Morgan fingerprint density at radius 1 is 1.57 bits per heavy atom. The van der Waals surface area contributed by atoms with Crippen LogP contribution in [0.3, 0.4) is 0 Å². The summed E-state index contributed by atoms with van der Waals surface area (Å²) in [6.07, 6.45) is 0.511. The number of aldehydes is 1. The van der Waals surface area contributed by atoms with Gasteiger partial charge < -0.3 is 5.73 Å². The lowest BCUT2D eigenvalue weighted by atomic mass is 10.1. The minimum atomic E-state index is -0.672. The lowest BCUT2D eigenvalue weighted by Gasteiger charge is -2.02. The van der Waals surface area contributed by atoms with Gasteiger partial charge in [0.05, 0.1) is 11.1 Å². The van der Waals surface area contributed by atoms with Crippen LogP contribution in [0.25, 0.3) is 0 Å². The SMILES string of the molecule is N#Cc1cc(C=O)c(C(N)=O)cc1I. The van der Waals surface area contributed by atoms with Gasteiger partial charge in [0.25, 0.3) is 0 Å². The molecular formula is C9H5IN2O2. The molecule has 0 aliphatic heterocycles. The van der Waals surface area contributed by atoms with E-state index in [1.807, 2.05) is 28.7 Å². The Morgan fingerprint density at radius 2 is 2.21 bits per heavy atom. The topological polar surface area (TPSA) is 83.9 Å². The van der Waals surface area contributed by atoms with Crippen LogP contribution in [-0.2, 0) is 0 Å². The lowest BCUT2D eigenvalue weighted by Crippen LogP contribution is -2.14. The van der Waals surface area contributed by atoms with Crippen LogP contribution in [0.2, 0.25) is 0 Å². The molecule has 1 aromatic carbocycles. The molecule has 0 radical (unpaired) electrons. The van der Waals surface area contributed by atoms with Crippen molar-refractivity contribution in [2.75, 3.05) is 0 Å². The smallest absolute Gasteiger partial charge is 0.249 e. The number of nitrogens with two attached hydrogens (primary N) is 1. The molecule has 5 heteroatoms. The van der Waals surface area contributed by atoms with Crippen LogP contribution in [0.5, 0.6) is 0 Å². The molecule has 70 valence electrons. The average molecular weight is 300 g/mol. The Bertz CT molecular complexity index is 449. The molecule has 0 bridgehead atoms. The zero-order chi connectivity index (χ0) is 10.7. The number of benzene rings is 1. The van der Waals surface area contributed by atoms with Gasteiger partial charge in [-0.2, -0.15) is 5.26 Å². The molecular weight excluding hydrogens is 295 g/mol. The first kappa shape index (κ1) is 10.7. The number of hydrogen-bond donors (Lipinski definition) is 1. The van der Waals surface area contributed by atoms with Crippen molar-refractivity contribution in [3.8, 4) is 6.07 Å². The van der Waals surface area contributed by atoms with Crippen LogP contribution in [0.1, 0.15) is 26.3 Å². The maximum absolute atomic E-state index is 10.9. The van der Waals surface area contributed by atoms with Gasteiger partial charge in [0.15, 0.2) is 6.29 Å². The standard InChI is InChI=1S/C9H5IN2O2/c10-8-2-7(9(12)14)6(4-13)1-5(8)3-11/h1-2,4H,(H2,12,14). The van der Waals surface area contributed by atoms with E-state index in [2.05, 4.69) is 0 Å². The van der Waals surface area contributed by atoms with Gasteiger partial charge in [0.1, 0.15) is 6.07 Å². The Morgan fingerprint density at radius 3 is 2.64 bits per heavy atom. The summed E-state index contributed by atoms with van der Waals surface area (Å²) in [4.78, 5) is 21.5. The molecule has 1 amide bonds. The number of nitrogens with zero attached hydrogens (tertiary/aromatic N) is 1. The van der Waals surface area contributed by atoms with Crippen molar-refractivity contribution in [1.29, 1.82) is 5.26 Å². The van der Waals surface area contributed by atoms with E-state index in [1.54, 1.807) is 0 Å². The highest BCUT2D eigenvalue weighted by atomic mass is 127. The Balaban J connectivity index is 3.48. The molecule has 0 spiro atoms. The van der Waals surface area contributed by atoms with E-state index >= 15 is 0 Å². The first-order valence-corrected chi connectivity index (χ1v) is 4.66. The molecule has 0 saturated heterocycles. The maximum atomic E-state index is 10.9. The summed E-state index contributed by atoms with van der Waals surface area (Å²) in [6.45, 7) is 0. The van der Waals surface area contributed by atoms with Gasteiger partial charge in [-0.15, -0.1) is 0 Å². The molecule has 2 N–H and O–H groups in total. The van der Waals surface area contributed by atoms with Gasteiger partial charge in [0.2, 0.25) is 5.91 Å². The highest BCUT2D eigenvalue weighted by Crippen LogP contribution is 2.17. The van der Waals surface area contributed by atoms with Crippen LogP contribution in [0, 0.1) is 14.9 Å². The molecule has 0 aliphatic rings. The van der Waals surface area contributed by atoms with Crippen molar-refractivity contribution in [2.24, 2.45) is 5.73 Å². The molecule has 0 aromatic heterocycles. The van der Waals surface area contributed by atoms with E-state index in [9.17, 15) is 9.59 Å². The monoisotopic (exact) mass is 300 g/mol. The Hall–Kier alpha value is -1.42. The van der Waals surface area contributed by atoms with Crippen molar-refractivity contribution in [3.05, 3.63) is 32.4 Å². The maximum Gasteiger partial charge on any atom is 0.249 e. The van der Waals surface area contributed by atoms with E-state index in [4.69, 9.17) is 11.0 Å². The van der Waals surface area contributed by atoms with Gasteiger partial charge in [-0.3, -0.25) is 9.59 Å². The summed E-state index contributed by atoms with van der Waals surface area (Å²) in [5.74, 6) is -0.672. The van der Waals surface area contributed by atoms with E-state index < -0.39 is 5.91 Å². The minimum Gasteiger partial charge on any atom is -0.366 e. The molecule has 0 heterocycles. The summed E-state index contributed by atoms with van der Waals surface area (Å²) >= 11 is 1.91. The molecule has 0 fully saturated rings. The predicted octanol–water partition coefficient (Wildman–Crippen LogP) is 1.07. The number of hydrogen-bond acceptors (Lipinski definition) is 3. The number of primary amides is 1. The fraction of sp³-hybridized carbons (Fsp3) is 0. The van der Waals surface area contributed by atoms with Crippen molar-refractivity contribution < 1.29 is 9.59 Å². The van der Waals surface area contributed by atoms with Crippen LogP contribution >= 0.6 is 22.6 Å². The first-order valence-electron chi connectivity index (χ1n) is 3.58. The summed E-state index contributed by atoms with van der Waals surface area (Å²) < 4.78 is 0.601. The second-order valence-corrected chi connectivity index (χ2v) is 3.68. The van der Waals surface area contributed by atoms with Crippen LogP contribution < -0.4 is 5.73 Å². The zero-order valence-electron chi connectivity index (χ0n) is 6.95. The summed E-state index contributed by atoms with van der Waals surface area (Å²) in [5, 5.41) is 8.68. The first-order chi connectivity index (χ1) is 6.60. The van der Waals surface area contributed by atoms with Crippen LogP contribution in [-0.4, -0.2) is 12.2 Å². The Kier molecular flexibility index (Phi) is 3.19. The lowest BCUT2D eigenvalue weighted by molar-refractivity contribution is 0.0993. The summed E-state index contributed by atoms with van der Waals surface area (Å²) in [5.41, 5.74) is 5.72. The quantitative estimate of drug-likeness (QED) is 0.655. The number of carbonyl (C=O) groups excluding carboxylic acids is 2. The highest BCUT2D eigenvalue weighted by molar-refractivity contribution is 14.1. The third-order valence-corrected chi connectivity index (χ3v) is 2.54. The predicted molar refractivity (Wildman–Crippen MR) is 57.8 cm³/mol. The van der Waals surface area contributed by atoms with Crippen molar-refractivity contribution in [1.82, 2.24) is 0 Å². The average Bonchev–Trinajstić information content (AvgIpc) is 2.17. The van der Waals surface area contributed by atoms with Crippen molar-refractivity contribution >= 4 is 34.8 Å². The summed E-state index contributed by atoms with van der Waals surface area (Å²) in [7, 11) is 0. The highest BCUT2D eigenvalue weighted by Gasteiger charge is 2.11. The normalized spacial score (nSPS) is 9.14. The van der Waals surface area contributed by atoms with Crippen molar-refractivity contribution in [2.45, 2.75) is 0 Å². The third-order valence-electron chi connectivity index (χ3n) is 1.65. The fourth-order valence-electron chi connectivity index (χ4n) is 0.987. The van der Waals surface area contributed by atoms with Crippen LogP contribution in [0.4, 0.5) is 0 Å². The van der Waals surface area contributed by atoms with E-state index in [-0.39, 0.29) is 11.1 Å². The van der Waals surface area contributed by atoms with Gasteiger partial charge >= 0.3 is 0 Å². The van der Waals surface area contributed by atoms with Gasteiger partial charge in [-0.25, -0.2) is 0 Å². The number of rotatable bonds is 2. The Labute approximate surface area is 93.8 Å². The van der Waals surface area contributed by atoms with Gasteiger partial charge in [0, 0.05) is 9.13 Å². The fourth-order valence-corrected chi connectivity index (χ4v) is 1.57. The van der Waals surface area contributed by atoms with Crippen molar-refractivity contribution in [3.63, 3.8) is 0 Å². The molecule has 4 nitrogen and oxygen atoms in total. The van der Waals surface area contributed by atoms with E-state index in [1.165, 1.54) is 12.1 Å². The third kappa shape index (κ3) is 1.90. The van der Waals surface area contributed by atoms with Crippen LogP contribution in [0.15, 0.2) is 12.1 Å². The molecule has 0 aliphatic carbocycles. The van der Waals surface area contributed by atoms with Gasteiger partial charge in [-0.05, 0) is 34.7 Å². The number of halogens is 1. The minimum absolute atomic E-state index is 0.142. The molecule has 14 heavy (non-hydrogen) atoms. The summed E-state index contributed by atoms with van der Waals surface area (Å²) in [6, 6.07) is 4.71. The van der Waals surface area contributed by atoms with E-state index in [0.29, 0.717) is 15.4 Å². The molecule has 0 unspecified atom stereocenters. The second-order valence-electron chi connectivity index (χ2n) is 2.51. The molecule has 0 saturated carbocycles. The zero-order valence-corrected chi connectivity index (χ0v) is 9.11. The second kappa shape index (κ2) is 4.19. The largest absolute Gasteiger partial charge is 0.366 e. The molecule has 1 rings (SSSR count). The number of amides is 1. The van der Waals surface area contributed by atoms with E-state index in [0.717, 1.165) is 0 Å². The van der Waals surface area contributed by atoms with Gasteiger partial charge in [-0.1, -0.05) is 0 Å².